The Balaban J connectivity index is 1.74. The molecule has 128 valence electrons. The van der Waals surface area contributed by atoms with Crippen molar-refractivity contribution in [3.8, 4) is 0 Å². The monoisotopic (exact) mass is 335 g/mol. The summed E-state index contributed by atoms with van der Waals surface area (Å²) in [6.07, 6.45) is 7.26. The van der Waals surface area contributed by atoms with E-state index < -0.39 is 9.85 Å². The number of unbranched alkanes of at least 4 members (excludes halogenated alkanes) is 1. The second-order valence-electron chi connectivity index (χ2n) is 4.98. The zero-order valence-corrected chi connectivity index (χ0v) is 13.1. The SMILES string of the molecule is Cc1ncc([N+](=O)[O-])n1CCN=CCCCn1ccnc1[N+](=O)[O-]. The molecule has 0 saturated heterocycles. The standard InChI is InChI=1S/C13H17N7O4/c1-11-16-10-12(19(21)22)18(11)9-5-14-4-2-3-7-17-8-6-15-13(17)20(23)24/h4,6,8,10H,2-3,5,7,9H2,1H3. The summed E-state index contributed by atoms with van der Waals surface area (Å²) in [5, 5.41) is 21.6. The lowest BCUT2D eigenvalue weighted by atomic mass is 10.3. The van der Waals surface area contributed by atoms with Crippen LogP contribution in [0.15, 0.2) is 23.6 Å². The molecule has 0 N–H and O–H groups in total. The maximum atomic E-state index is 10.8. The fourth-order valence-electron chi connectivity index (χ4n) is 2.22. The molecule has 2 heterocycles. The largest absolute Gasteiger partial charge is 0.434 e. The minimum absolute atomic E-state index is 0.0462. The lowest BCUT2D eigenvalue weighted by Crippen LogP contribution is -2.07. The molecule has 0 aliphatic carbocycles. The van der Waals surface area contributed by atoms with Gasteiger partial charge in [0.1, 0.15) is 25.1 Å². The van der Waals surface area contributed by atoms with Gasteiger partial charge >= 0.3 is 11.8 Å². The molecular weight excluding hydrogens is 318 g/mol. The first-order chi connectivity index (χ1) is 11.5. The van der Waals surface area contributed by atoms with Crippen LogP contribution in [0.1, 0.15) is 18.7 Å². The average Bonchev–Trinajstić information content (AvgIpc) is 3.13. The van der Waals surface area contributed by atoms with Gasteiger partial charge in [-0.15, -0.1) is 0 Å². The van der Waals surface area contributed by atoms with Gasteiger partial charge in [0.15, 0.2) is 5.82 Å². The normalized spacial score (nSPS) is 11.2. The Morgan fingerprint density at radius 3 is 2.75 bits per heavy atom. The molecule has 0 atom stereocenters. The first kappa shape index (κ1) is 17.2. The van der Waals surface area contributed by atoms with Gasteiger partial charge in [0.05, 0.1) is 13.1 Å². The van der Waals surface area contributed by atoms with Gasteiger partial charge in [0.25, 0.3) is 0 Å². The van der Waals surface area contributed by atoms with Crippen LogP contribution in [-0.4, -0.2) is 41.7 Å². The molecule has 0 fully saturated rings. The summed E-state index contributed by atoms with van der Waals surface area (Å²) in [6.45, 7) is 2.97. The minimum Gasteiger partial charge on any atom is -0.390 e. The minimum atomic E-state index is -0.519. The van der Waals surface area contributed by atoms with E-state index in [0.717, 1.165) is 0 Å². The van der Waals surface area contributed by atoms with Gasteiger partial charge in [-0.3, -0.25) is 4.99 Å². The number of imidazole rings is 2. The lowest BCUT2D eigenvalue weighted by Gasteiger charge is -2.00. The zero-order valence-electron chi connectivity index (χ0n) is 13.1. The van der Waals surface area contributed by atoms with E-state index in [1.165, 1.54) is 21.5 Å². The van der Waals surface area contributed by atoms with Gasteiger partial charge < -0.3 is 20.2 Å². The van der Waals surface area contributed by atoms with Crippen molar-refractivity contribution in [1.82, 2.24) is 19.1 Å². The molecule has 0 aliphatic heterocycles. The summed E-state index contributed by atoms with van der Waals surface area (Å²) < 4.78 is 2.98. The maximum absolute atomic E-state index is 10.8. The van der Waals surface area contributed by atoms with Crippen molar-refractivity contribution in [3.63, 3.8) is 0 Å². The number of rotatable bonds is 9. The lowest BCUT2D eigenvalue weighted by molar-refractivity contribution is -0.396. The van der Waals surface area contributed by atoms with Crippen LogP contribution in [0.25, 0.3) is 0 Å². The van der Waals surface area contributed by atoms with Crippen LogP contribution >= 0.6 is 0 Å². The Morgan fingerprint density at radius 2 is 2.04 bits per heavy atom. The van der Waals surface area contributed by atoms with E-state index in [9.17, 15) is 20.2 Å². The van der Waals surface area contributed by atoms with Gasteiger partial charge in [-0.25, -0.2) is 14.1 Å². The molecule has 2 aromatic rings. The maximum Gasteiger partial charge on any atom is 0.434 e. The van der Waals surface area contributed by atoms with Crippen molar-refractivity contribution in [2.75, 3.05) is 6.54 Å². The van der Waals surface area contributed by atoms with E-state index >= 15 is 0 Å². The Hall–Kier alpha value is -3.11. The molecular formula is C13H17N7O4. The van der Waals surface area contributed by atoms with Crippen molar-refractivity contribution in [1.29, 1.82) is 0 Å². The molecule has 0 bridgehead atoms. The summed E-state index contributed by atoms with van der Waals surface area (Å²) in [5.74, 6) is 0.356. The summed E-state index contributed by atoms with van der Waals surface area (Å²) in [6, 6.07) is 0. The van der Waals surface area contributed by atoms with Crippen molar-refractivity contribution < 1.29 is 9.85 Å². The van der Waals surface area contributed by atoms with Crippen LogP contribution in [0.4, 0.5) is 11.8 Å². The molecule has 0 saturated carbocycles. The number of aromatic nitrogens is 4. The van der Waals surface area contributed by atoms with E-state index in [0.29, 0.717) is 38.3 Å². The van der Waals surface area contributed by atoms with Crippen molar-refractivity contribution in [2.24, 2.45) is 4.99 Å². The van der Waals surface area contributed by atoms with Crippen LogP contribution in [0.5, 0.6) is 0 Å². The van der Waals surface area contributed by atoms with Crippen molar-refractivity contribution >= 4 is 18.0 Å². The molecule has 24 heavy (non-hydrogen) atoms. The van der Waals surface area contributed by atoms with Gasteiger partial charge in [0.2, 0.25) is 0 Å². The van der Waals surface area contributed by atoms with Gasteiger partial charge in [-0.1, -0.05) is 4.98 Å². The van der Waals surface area contributed by atoms with Gasteiger partial charge in [-0.05, 0) is 28.9 Å². The second-order valence-corrected chi connectivity index (χ2v) is 4.98. The fraction of sp³-hybridized carbons (Fsp3) is 0.462. The van der Waals surface area contributed by atoms with E-state index in [2.05, 4.69) is 15.0 Å². The number of aliphatic imine (C=N–C) groups is 1. The Morgan fingerprint density at radius 1 is 1.25 bits per heavy atom. The van der Waals surface area contributed by atoms with Gasteiger partial charge in [-0.2, -0.15) is 0 Å². The number of hydrogen-bond donors (Lipinski definition) is 0. The fourth-order valence-corrected chi connectivity index (χ4v) is 2.22. The Labute approximate surface area is 137 Å². The molecule has 2 rings (SSSR count). The third-order valence-electron chi connectivity index (χ3n) is 3.39. The van der Waals surface area contributed by atoms with Crippen molar-refractivity contribution in [3.05, 3.63) is 44.6 Å². The molecule has 0 amide bonds. The van der Waals surface area contributed by atoms with Crippen LogP contribution in [0.2, 0.25) is 0 Å². The zero-order chi connectivity index (χ0) is 17.5. The highest BCUT2D eigenvalue weighted by molar-refractivity contribution is 5.56. The molecule has 0 aromatic carbocycles. The highest BCUT2D eigenvalue weighted by atomic mass is 16.6. The first-order valence-electron chi connectivity index (χ1n) is 7.31. The third kappa shape index (κ3) is 4.21. The molecule has 11 heteroatoms. The number of hydrogen-bond acceptors (Lipinski definition) is 7. The number of nitro groups is 2. The predicted octanol–water partition coefficient (Wildman–Crippen LogP) is 1.76. The topological polar surface area (TPSA) is 134 Å². The quantitative estimate of drug-likeness (QED) is 0.296. The molecule has 2 aromatic heterocycles. The highest BCUT2D eigenvalue weighted by Gasteiger charge is 2.16. The smallest absolute Gasteiger partial charge is 0.390 e. The number of nitrogens with zero attached hydrogens (tertiary/aromatic N) is 7. The van der Waals surface area contributed by atoms with E-state index in [-0.39, 0.29) is 11.8 Å². The van der Waals surface area contributed by atoms with Crippen molar-refractivity contribution in [2.45, 2.75) is 32.9 Å². The van der Waals surface area contributed by atoms with E-state index in [4.69, 9.17) is 0 Å². The number of aryl methyl sites for hydroxylation is 2. The molecule has 11 nitrogen and oxygen atoms in total. The molecule has 0 spiro atoms. The van der Waals surface area contributed by atoms with Crippen LogP contribution in [-0.2, 0) is 13.1 Å². The van der Waals surface area contributed by atoms with Crippen LogP contribution in [0.3, 0.4) is 0 Å². The van der Waals surface area contributed by atoms with Crippen LogP contribution < -0.4 is 0 Å². The first-order valence-corrected chi connectivity index (χ1v) is 7.31. The van der Waals surface area contributed by atoms with Gasteiger partial charge in [0, 0.05) is 6.92 Å². The molecule has 0 radical (unpaired) electrons. The Kier molecular flexibility index (Phi) is 5.71. The summed E-state index contributed by atoms with van der Waals surface area (Å²) in [4.78, 5) is 32.4. The molecule has 0 unspecified atom stereocenters. The van der Waals surface area contributed by atoms with E-state index in [1.807, 2.05) is 0 Å². The van der Waals surface area contributed by atoms with Crippen LogP contribution in [0, 0.1) is 27.2 Å². The summed E-state index contributed by atoms with van der Waals surface area (Å²) >= 11 is 0. The van der Waals surface area contributed by atoms with E-state index in [1.54, 1.807) is 19.3 Å². The third-order valence-corrected chi connectivity index (χ3v) is 3.39. The second kappa shape index (κ2) is 7.94. The highest BCUT2D eigenvalue weighted by Crippen LogP contribution is 2.13. The summed E-state index contributed by atoms with van der Waals surface area (Å²) in [5.41, 5.74) is 0. The predicted molar refractivity (Wildman–Crippen MR) is 85.1 cm³/mol. The molecule has 0 aliphatic rings. The summed E-state index contributed by atoms with van der Waals surface area (Å²) in [7, 11) is 0. The average molecular weight is 335 g/mol. The Bertz CT molecular complexity index is 749.